The lowest BCUT2D eigenvalue weighted by molar-refractivity contribution is 0.666. The molecule has 0 N–H and O–H groups in total. The van der Waals surface area contributed by atoms with E-state index in [-0.39, 0.29) is 5.41 Å². The van der Waals surface area contributed by atoms with E-state index in [0.717, 1.165) is 0 Å². The maximum absolute atomic E-state index is 2.50. The molecule has 6 aromatic carbocycles. The molecule has 0 aliphatic heterocycles. The summed E-state index contributed by atoms with van der Waals surface area (Å²) in [6.07, 6.45) is 0. The van der Waals surface area contributed by atoms with Gasteiger partial charge in [-0.3, -0.25) is 0 Å². The SMILES string of the molecule is Cn1c2ccccc2c2cccc(-n3c4ccccc4c4c5c6c(ccc5ccc43)-c3ccccc3C6(C)C)c21. The Balaban J connectivity index is 1.49. The molecule has 2 aromatic heterocycles. The summed E-state index contributed by atoms with van der Waals surface area (Å²) in [5.41, 5.74) is 11.8. The van der Waals surface area contributed by atoms with Crippen LogP contribution in [-0.2, 0) is 12.5 Å². The minimum absolute atomic E-state index is 0.0845. The van der Waals surface area contributed by atoms with E-state index in [1.54, 1.807) is 0 Å². The van der Waals surface area contributed by atoms with E-state index >= 15 is 0 Å². The summed E-state index contributed by atoms with van der Waals surface area (Å²) in [7, 11) is 2.20. The van der Waals surface area contributed by atoms with Crippen LogP contribution in [-0.4, -0.2) is 9.13 Å². The zero-order valence-electron chi connectivity index (χ0n) is 22.9. The Morgan fingerprint density at radius 1 is 0.525 bits per heavy atom. The van der Waals surface area contributed by atoms with E-state index in [4.69, 9.17) is 0 Å². The molecule has 9 rings (SSSR count). The van der Waals surface area contributed by atoms with Gasteiger partial charge in [-0.15, -0.1) is 0 Å². The summed E-state index contributed by atoms with van der Waals surface area (Å²) >= 11 is 0. The molecule has 0 amide bonds. The molecule has 0 saturated heterocycles. The second kappa shape index (κ2) is 7.43. The molecule has 0 bridgehead atoms. The van der Waals surface area contributed by atoms with E-state index in [2.05, 4.69) is 145 Å². The Kier molecular flexibility index (Phi) is 4.09. The molecule has 190 valence electrons. The predicted octanol–water partition coefficient (Wildman–Crippen LogP) is 9.89. The van der Waals surface area contributed by atoms with Crippen molar-refractivity contribution >= 4 is 54.4 Å². The molecule has 40 heavy (non-hydrogen) atoms. The van der Waals surface area contributed by atoms with Crippen LogP contribution in [0.25, 0.3) is 71.2 Å². The highest BCUT2D eigenvalue weighted by Gasteiger charge is 2.37. The molecule has 2 heteroatoms. The molecule has 2 heterocycles. The molecule has 0 unspecified atom stereocenters. The number of hydrogen-bond donors (Lipinski definition) is 0. The Morgan fingerprint density at radius 3 is 2.10 bits per heavy atom. The van der Waals surface area contributed by atoms with E-state index in [1.165, 1.54) is 82.3 Å². The van der Waals surface area contributed by atoms with E-state index in [0.29, 0.717) is 0 Å². The van der Waals surface area contributed by atoms with Gasteiger partial charge in [-0.05, 0) is 57.3 Å². The van der Waals surface area contributed by atoms with Crippen LogP contribution < -0.4 is 0 Å². The quantitative estimate of drug-likeness (QED) is 0.207. The predicted molar refractivity (Wildman–Crippen MR) is 170 cm³/mol. The first-order valence-corrected chi connectivity index (χ1v) is 14.1. The summed E-state index contributed by atoms with van der Waals surface area (Å²) in [6.45, 7) is 4.79. The molecular formula is C38H28N2. The summed E-state index contributed by atoms with van der Waals surface area (Å²) in [4.78, 5) is 0. The van der Waals surface area contributed by atoms with Gasteiger partial charge >= 0.3 is 0 Å². The standard InChI is InChI=1S/C38H28N2/c1-38(2)29-15-7-4-11-24(29)26-21-19-23-20-22-32-35(34(23)36(26)38)28-13-6-9-17-31(28)40(32)33-18-10-14-27-25-12-5-8-16-30(25)39(3)37(27)33/h4-22H,1-3H3. The second-order valence-electron chi connectivity index (χ2n) is 11.8. The largest absolute Gasteiger partial charge is 0.342 e. The van der Waals surface area contributed by atoms with Crippen LogP contribution in [0.15, 0.2) is 115 Å². The Morgan fingerprint density at radius 2 is 1.23 bits per heavy atom. The lowest BCUT2D eigenvalue weighted by Crippen LogP contribution is -2.15. The van der Waals surface area contributed by atoms with Crippen molar-refractivity contribution in [2.75, 3.05) is 0 Å². The third-order valence-electron chi connectivity index (χ3n) is 9.48. The van der Waals surface area contributed by atoms with Gasteiger partial charge in [0.1, 0.15) is 0 Å². The minimum atomic E-state index is -0.0845. The molecule has 1 aliphatic carbocycles. The van der Waals surface area contributed by atoms with Crippen molar-refractivity contribution in [1.29, 1.82) is 0 Å². The Bertz CT molecular complexity index is 2360. The third kappa shape index (κ3) is 2.55. The van der Waals surface area contributed by atoms with Crippen molar-refractivity contribution in [2.24, 2.45) is 7.05 Å². The van der Waals surface area contributed by atoms with Crippen molar-refractivity contribution in [1.82, 2.24) is 9.13 Å². The topological polar surface area (TPSA) is 9.86 Å². The normalized spacial score (nSPS) is 14.1. The van der Waals surface area contributed by atoms with Gasteiger partial charge in [0.25, 0.3) is 0 Å². The van der Waals surface area contributed by atoms with E-state index in [9.17, 15) is 0 Å². The summed E-state index contributed by atoms with van der Waals surface area (Å²) in [6, 6.07) is 42.7. The first kappa shape index (κ1) is 22.0. The van der Waals surface area contributed by atoms with E-state index in [1.807, 2.05) is 0 Å². The third-order valence-corrected chi connectivity index (χ3v) is 9.48. The van der Waals surface area contributed by atoms with Gasteiger partial charge in [0.2, 0.25) is 0 Å². The number of rotatable bonds is 1. The number of aromatic nitrogens is 2. The van der Waals surface area contributed by atoms with Gasteiger partial charge in [0, 0.05) is 39.5 Å². The second-order valence-corrected chi connectivity index (χ2v) is 11.8. The number of fused-ring (bicyclic) bond motifs is 12. The highest BCUT2D eigenvalue weighted by Crippen LogP contribution is 2.53. The van der Waals surface area contributed by atoms with Crippen molar-refractivity contribution in [3.05, 3.63) is 126 Å². The van der Waals surface area contributed by atoms with Gasteiger partial charge < -0.3 is 9.13 Å². The monoisotopic (exact) mass is 512 g/mol. The van der Waals surface area contributed by atoms with Crippen LogP contribution >= 0.6 is 0 Å². The molecule has 0 radical (unpaired) electrons. The summed E-state index contributed by atoms with van der Waals surface area (Å²) < 4.78 is 4.86. The fraction of sp³-hybridized carbons (Fsp3) is 0.105. The van der Waals surface area contributed by atoms with Gasteiger partial charge in [-0.2, -0.15) is 0 Å². The zero-order valence-corrected chi connectivity index (χ0v) is 22.9. The first-order valence-electron chi connectivity index (χ1n) is 14.1. The van der Waals surface area contributed by atoms with Crippen LogP contribution in [0.1, 0.15) is 25.0 Å². The zero-order chi connectivity index (χ0) is 26.7. The lowest BCUT2D eigenvalue weighted by atomic mass is 9.79. The highest BCUT2D eigenvalue weighted by atomic mass is 15.0. The van der Waals surface area contributed by atoms with Crippen LogP contribution in [0.5, 0.6) is 0 Å². The molecule has 0 spiro atoms. The molecule has 0 atom stereocenters. The number of para-hydroxylation sites is 3. The first-order chi connectivity index (χ1) is 19.6. The number of aryl methyl sites for hydroxylation is 1. The number of benzene rings is 6. The van der Waals surface area contributed by atoms with Gasteiger partial charge in [0.05, 0.1) is 22.2 Å². The molecule has 1 aliphatic rings. The van der Waals surface area contributed by atoms with Crippen LogP contribution in [0.3, 0.4) is 0 Å². The molecule has 0 fully saturated rings. The van der Waals surface area contributed by atoms with Gasteiger partial charge in [-0.25, -0.2) is 0 Å². The summed E-state index contributed by atoms with van der Waals surface area (Å²) in [5, 5.41) is 7.93. The van der Waals surface area contributed by atoms with E-state index < -0.39 is 0 Å². The van der Waals surface area contributed by atoms with Crippen molar-refractivity contribution < 1.29 is 0 Å². The fourth-order valence-electron chi connectivity index (χ4n) is 7.80. The average Bonchev–Trinajstić information content (AvgIpc) is 3.57. The van der Waals surface area contributed by atoms with Crippen LogP contribution in [0.4, 0.5) is 0 Å². The average molecular weight is 513 g/mol. The van der Waals surface area contributed by atoms with Crippen molar-refractivity contribution in [2.45, 2.75) is 19.3 Å². The smallest absolute Gasteiger partial charge is 0.0733 e. The van der Waals surface area contributed by atoms with Gasteiger partial charge in [0.15, 0.2) is 0 Å². The lowest BCUT2D eigenvalue weighted by Gasteiger charge is -2.23. The Hall–Kier alpha value is -4.82. The van der Waals surface area contributed by atoms with Crippen molar-refractivity contribution in [3.8, 4) is 16.8 Å². The highest BCUT2D eigenvalue weighted by molar-refractivity contribution is 6.24. The summed E-state index contributed by atoms with van der Waals surface area (Å²) in [5.74, 6) is 0. The number of nitrogens with zero attached hydrogens (tertiary/aromatic N) is 2. The number of hydrogen-bond acceptors (Lipinski definition) is 0. The molecule has 2 nitrogen and oxygen atoms in total. The van der Waals surface area contributed by atoms with Crippen molar-refractivity contribution in [3.63, 3.8) is 0 Å². The Labute approximate surface area is 232 Å². The molecule has 8 aromatic rings. The maximum Gasteiger partial charge on any atom is 0.0733 e. The van der Waals surface area contributed by atoms with Gasteiger partial charge in [-0.1, -0.05) is 105 Å². The molecular weight excluding hydrogens is 484 g/mol. The maximum atomic E-state index is 2.50. The minimum Gasteiger partial charge on any atom is -0.342 e. The fourth-order valence-corrected chi connectivity index (χ4v) is 7.80. The van der Waals surface area contributed by atoms with Crippen LogP contribution in [0.2, 0.25) is 0 Å². The molecule has 0 saturated carbocycles. The van der Waals surface area contributed by atoms with Crippen LogP contribution in [0, 0.1) is 0 Å².